The van der Waals surface area contributed by atoms with Crippen LogP contribution < -0.4 is 5.73 Å². The lowest BCUT2D eigenvalue weighted by Gasteiger charge is -2.00. The first-order valence-electron chi connectivity index (χ1n) is 4.91. The van der Waals surface area contributed by atoms with Gasteiger partial charge in [-0.25, -0.2) is 4.98 Å². The van der Waals surface area contributed by atoms with Crippen molar-refractivity contribution in [1.29, 1.82) is 0 Å². The Kier molecular flexibility index (Phi) is 2.55. The molecule has 0 bridgehead atoms. The average Bonchev–Trinajstić information content (AvgIpc) is 2.84. The van der Waals surface area contributed by atoms with E-state index in [1.165, 1.54) is 0 Å². The Morgan fingerprint density at radius 1 is 1.60 bits per heavy atom. The van der Waals surface area contributed by atoms with Crippen LogP contribution in [0.25, 0.3) is 11.4 Å². The zero-order chi connectivity index (χ0) is 10.8. The average molecular weight is 206 g/mol. The van der Waals surface area contributed by atoms with Crippen LogP contribution in [-0.4, -0.2) is 14.7 Å². The number of imidazole rings is 1. The number of nitrogens with two attached hydrogens (primary N) is 1. The molecule has 2 rings (SSSR count). The third kappa shape index (κ3) is 1.78. The van der Waals surface area contributed by atoms with Crippen LogP contribution in [0, 0.1) is 0 Å². The molecule has 0 fully saturated rings. The van der Waals surface area contributed by atoms with Crippen LogP contribution in [0.5, 0.6) is 0 Å². The molecule has 2 aromatic heterocycles. The van der Waals surface area contributed by atoms with E-state index in [9.17, 15) is 0 Å². The van der Waals surface area contributed by atoms with Crippen LogP contribution in [0.3, 0.4) is 0 Å². The van der Waals surface area contributed by atoms with Crippen molar-refractivity contribution >= 4 is 0 Å². The molecule has 2 heterocycles. The maximum absolute atomic E-state index is 5.84. The molecule has 80 valence electrons. The van der Waals surface area contributed by atoms with E-state index in [0.717, 1.165) is 17.8 Å². The largest absolute Gasteiger partial charge is 0.359 e. The SMILES string of the molecule is CCC(N)c1cc(-c2cncn2C)no1. The molecule has 0 amide bonds. The van der Waals surface area contributed by atoms with Crippen molar-refractivity contribution in [2.75, 3.05) is 0 Å². The molecule has 0 aliphatic carbocycles. The van der Waals surface area contributed by atoms with E-state index in [0.29, 0.717) is 5.76 Å². The summed E-state index contributed by atoms with van der Waals surface area (Å²) in [6, 6.07) is 1.78. The third-order valence-electron chi connectivity index (χ3n) is 2.41. The first kappa shape index (κ1) is 9.92. The van der Waals surface area contributed by atoms with Gasteiger partial charge in [0, 0.05) is 13.1 Å². The minimum absolute atomic E-state index is 0.0838. The molecule has 0 spiro atoms. The van der Waals surface area contributed by atoms with E-state index in [2.05, 4.69) is 10.1 Å². The lowest BCUT2D eigenvalue weighted by Crippen LogP contribution is -2.06. The Morgan fingerprint density at radius 3 is 3.00 bits per heavy atom. The van der Waals surface area contributed by atoms with Crippen LogP contribution in [-0.2, 0) is 7.05 Å². The van der Waals surface area contributed by atoms with Crippen LogP contribution in [0.15, 0.2) is 23.1 Å². The summed E-state index contributed by atoms with van der Waals surface area (Å²) in [6.45, 7) is 2.01. The van der Waals surface area contributed by atoms with Gasteiger partial charge in [-0.2, -0.15) is 0 Å². The Morgan fingerprint density at radius 2 is 2.40 bits per heavy atom. The molecule has 0 saturated heterocycles. The summed E-state index contributed by atoms with van der Waals surface area (Å²) in [5, 5.41) is 3.97. The van der Waals surface area contributed by atoms with E-state index in [1.807, 2.05) is 24.6 Å². The minimum atomic E-state index is -0.0838. The Hall–Kier alpha value is -1.62. The van der Waals surface area contributed by atoms with Crippen LogP contribution in [0.4, 0.5) is 0 Å². The highest BCUT2D eigenvalue weighted by molar-refractivity contribution is 5.53. The number of rotatable bonds is 3. The fourth-order valence-electron chi connectivity index (χ4n) is 1.39. The molecule has 0 saturated carbocycles. The van der Waals surface area contributed by atoms with Crippen LogP contribution in [0.2, 0.25) is 0 Å². The summed E-state index contributed by atoms with van der Waals surface area (Å²) in [7, 11) is 1.91. The van der Waals surface area contributed by atoms with E-state index in [-0.39, 0.29) is 6.04 Å². The van der Waals surface area contributed by atoms with Crippen molar-refractivity contribution in [3.05, 3.63) is 24.4 Å². The van der Waals surface area contributed by atoms with Crippen molar-refractivity contribution < 1.29 is 4.52 Å². The molecule has 2 N–H and O–H groups in total. The third-order valence-corrected chi connectivity index (χ3v) is 2.41. The van der Waals surface area contributed by atoms with Gasteiger partial charge in [-0.3, -0.25) is 0 Å². The summed E-state index contributed by atoms with van der Waals surface area (Å²) >= 11 is 0. The Labute approximate surface area is 87.9 Å². The first-order valence-corrected chi connectivity index (χ1v) is 4.91. The summed E-state index contributed by atoms with van der Waals surface area (Å²) in [5.74, 6) is 0.716. The van der Waals surface area contributed by atoms with E-state index < -0.39 is 0 Å². The molecular formula is C10H14N4O. The van der Waals surface area contributed by atoms with Gasteiger partial charge in [0.25, 0.3) is 0 Å². The molecule has 0 radical (unpaired) electrons. The van der Waals surface area contributed by atoms with Crippen molar-refractivity contribution in [2.24, 2.45) is 12.8 Å². The van der Waals surface area contributed by atoms with Gasteiger partial charge >= 0.3 is 0 Å². The lowest BCUT2D eigenvalue weighted by molar-refractivity contribution is 0.360. The summed E-state index contributed by atoms with van der Waals surface area (Å²) in [4.78, 5) is 4.02. The predicted molar refractivity (Wildman–Crippen MR) is 55.9 cm³/mol. The minimum Gasteiger partial charge on any atom is -0.359 e. The second-order valence-electron chi connectivity index (χ2n) is 3.52. The quantitative estimate of drug-likeness (QED) is 0.825. The fourth-order valence-corrected chi connectivity index (χ4v) is 1.39. The lowest BCUT2D eigenvalue weighted by atomic mass is 10.1. The number of aryl methyl sites for hydroxylation is 1. The monoisotopic (exact) mass is 206 g/mol. The molecule has 0 aliphatic rings. The highest BCUT2D eigenvalue weighted by atomic mass is 16.5. The summed E-state index contributed by atoms with van der Waals surface area (Å²) in [6.07, 6.45) is 4.31. The molecule has 2 aromatic rings. The van der Waals surface area contributed by atoms with Crippen molar-refractivity contribution in [2.45, 2.75) is 19.4 Å². The van der Waals surface area contributed by atoms with Crippen molar-refractivity contribution in [1.82, 2.24) is 14.7 Å². The molecule has 1 unspecified atom stereocenters. The highest BCUT2D eigenvalue weighted by Crippen LogP contribution is 2.21. The summed E-state index contributed by atoms with van der Waals surface area (Å²) in [5.41, 5.74) is 7.54. The zero-order valence-electron chi connectivity index (χ0n) is 8.84. The maximum Gasteiger partial charge on any atom is 0.154 e. The maximum atomic E-state index is 5.84. The zero-order valence-corrected chi connectivity index (χ0v) is 8.84. The fraction of sp³-hybridized carbons (Fsp3) is 0.400. The van der Waals surface area contributed by atoms with Crippen LogP contribution >= 0.6 is 0 Å². The number of aromatic nitrogens is 3. The summed E-state index contributed by atoms with van der Waals surface area (Å²) < 4.78 is 7.07. The van der Waals surface area contributed by atoms with Gasteiger partial charge in [0.05, 0.1) is 24.3 Å². The molecular weight excluding hydrogens is 192 g/mol. The number of nitrogens with zero attached hydrogens (tertiary/aromatic N) is 3. The van der Waals surface area contributed by atoms with Gasteiger partial charge in [0.2, 0.25) is 0 Å². The van der Waals surface area contributed by atoms with E-state index in [1.54, 1.807) is 12.5 Å². The Bertz CT molecular complexity index is 446. The second-order valence-corrected chi connectivity index (χ2v) is 3.52. The first-order chi connectivity index (χ1) is 7.22. The van der Waals surface area contributed by atoms with Gasteiger partial charge in [-0.15, -0.1) is 0 Å². The normalized spacial score (nSPS) is 13.0. The molecule has 5 heteroatoms. The molecule has 5 nitrogen and oxygen atoms in total. The van der Waals surface area contributed by atoms with Gasteiger partial charge in [-0.1, -0.05) is 12.1 Å². The topological polar surface area (TPSA) is 69.9 Å². The second kappa shape index (κ2) is 3.86. The van der Waals surface area contributed by atoms with Gasteiger partial charge in [-0.05, 0) is 6.42 Å². The Balaban J connectivity index is 2.32. The van der Waals surface area contributed by atoms with Gasteiger partial charge in [0.15, 0.2) is 5.76 Å². The van der Waals surface area contributed by atoms with Crippen molar-refractivity contribution in [3.8, 4) is 11.4 Å². The van der Waals surface area contributed by atoms with Crippen LogP contribution in [0.1, 0.15) is 25.1 Å². The smallest absolute Gasteiger partial charge is 0.154 e. The van der Waals surface area contributed by atoms with Gasteiger partial charge < -0.3 is 14.8 Å². The van der Waals surface area contributed by atoms with E-state index >= 15 is 0 Å². The molecule has 0 aliphatic heterocycles. The highest BCUT2D eigenvalue weighted by Gasteiger charge is 2.13. The van der Waals surface area contributed by atoms with Gasteiger partial charge in [0.1, 0.15) is 5.69 Å². The standard InChI is InChI=1S/C10H14N4O/c1-3-7(11)10-4-8(13-15-10)9-5-12-6-14(9)2/h4-7H,3,11H2,1-2H3. The predicted octanol–water partition coefficient (Wildman–Crippen LogP) is 1.48. The van der Waals surface area contributed by atoms with E-state index in [4.69, 9.17) is 10.3 Å². The number of hydrogen-bond donors (Lipinski definition) is 1. The molecule has 0 aromatic carbocycles. The van der Waals surface area contributed by atoms with Crippen molar-refractivity contribution in [3.63, 3.8) is 0 Å². The molecule has 1 atom stereocenters. The number of hydrogen-bond acceptors (Lipinski definition) is 4. The molecule has 15 heavy (non-hydrogen) atoms.